The first kappa shape index (κ1) is 12.5. The quantitative estimate of drug-likeness (QED) is 0.786. The molecule has 1 saturated carbocycles. The van der Waals surface area contributed by atoms with Crippen molar-refractivity contribution in [1.29, 1.82) is 0 Å². The number of carbonyl (C=O) groups is 1. The van der Waals surface area contributed by atoms with E-state index in [-0.39, 0.29) is 5.91 Å². The molecule has 0 unspecified atom stereocenters. The molecule has 1 fully saturated rings. The molecule has 0 aliphatic heterocycles. The Morgan fingerprint density at radius 3 is 2.88 bits per heavy atom. The first-order valence-corrected chi connectivity index (χ1v) is 6.68. The Bertz CT molecular complexity index is 376. The maximum absolute atomic E-state index is 11.7. The van der Waals surface area contributed by atoms with Crippen LogP contribution in [0.4, 0.5) is 0 Å². The lowest BCUT2D eigenvalue weighted by molar-refractivity contribution is 0.0948. The number of halogens is 1. The zero-order valence-electron chi connectivity index (χ0n) is 9.58. The average molecular weight is 298 g/mol. The molecule has 2 rings (SSSR count). The Morgan fingerprint density at radius 2 is 2.24 bits per heavy atom. The van der Waals surface area contributed by atoms with E-state index in [1.54, 1.807) is 12.3 Å². The fourth-order valence-electron chi connectivity index (χ4n) is 1.48. The fraction of sp³-hybridized carbons (Fsp3) is 0.500. The zero-order valence-corrected chi connectivity index (χ0v) is 11.2. The fourth-order valence-corrected chi connectivity index (χ4v) is 1.72. The molecule has 1 aliphatic rings. The average Bonchev–Trinajstić information content (AvgIpc) is 3.13. The highest BCUT2D eigenvalue weighted by Crippen LogP contribution is 2.18. The summed E-state index contributed by atoms with van der Waals surface area (Å²) in [5.74, 6) is -0.107. The predicted octanol–water partition coefficient (Wildman–Crippen LogP) is 1.72. The molecule has 0 aromatic carbocycles. The third-order valence-electron chi connectivity index (χ3n) is 2.61. The second-order valence-corrected chi connectivity index (χ2v) is 5.12. The van der Waals surface area contributed by atoms with Crippen LogP contribution in [0.5, 0.6) is 0 Å². The van der Waals surface area contributed by atoms with E-state index in [0.29, 0.717) is 12.2 Å². The number of nitrogens with zero attached hydrogens (tertiary/aromatic N) is 1. The number of amides is 1. The Balaban J connectivity index is 1.64. The van der Waals surface area contributed by atoms with Crippen molar-refractivity contribution in [3.05, 3.63) is 28.5 Å². The largest absolute Gasteiger partial charge is 0.351 e. The molecule has 0 radical (unpaired) electrons. The highest BCUT2D eigenvalue weighted by atomic mass is 79.9. The van der Waals surface area contributed by atoms with Gasteiger partial charge in [0, 0.05) is 23.3 Å². The molecule has 2 N–H and O–H groups in total. The van der Waals surface area contributed by atoms with Crippen LogP contribution < -0.4 is 10.6 Å². The van der Waals surface area contributed by atoms with E-state index in [0.717, 1.165) is 23.5 Å². The number of carbonyl (C=O) groups excluding carboxylic acids is 1. The van der Waals surface area contributed by atoms with Crippen LogP contribution in [0.2, 0.25) is 0 Å². The predicted molar refractivity (Wildman–Crippen MR) is 69.9 cm³/mol. The van der Waals surface area contributed by atoms with Crippen LogP contribution in [0.1, 0.15) is 29.8 Å². The van der Waals surface area contributed by atoms with Crippen LogP contribution in [-0.2, 0) is 0 Å². The van der Waals surface area contributed by atoms with Crippen LogP contribution in [0.15, 0.2) is 22.8 Å². The van der Waals surface area contributed by atoms with Gasteiger partial charge in [-0.1, -0.05) is 0 Å². The van der Waals surface area contributed by atoms with Crippen LogP contribution in [0.25, 0.3) is 0 Å². The lowest BCUT2D eigenvalue weighted by atomic mass is 10.3. The number of rotatable bonds is 6. The summed E-state index contributed by atoms with van der Waals surface area (Å²) in [6, 6.07) is 4.26. The lowest BCUT2D eigenvalue weighted by Gasteiger charge is -2.05. The van der Waals surface area contributed by atoms with Gasteiger partial charge >= 0.3 is 0 Å². The van der Waals surface area contributed by atoms with Crippen molar-refractivity contribution in [2.75, 3.05) is 13.1 Å². The summed E-state index contributed by atoms with van der Waals surface area (Å²) in [6.45, 7) is 1.66. The first-order valence-electron chi connectivity index (χ1n) is 5.89. The minimum atomic E-state index is -0.107. The van der Waals surface area contributed by atoms with Crippen molar-refractivity contribution < 1.29 is 4.79 Å². The molecule has 1 aliphatic carbocycles. The third kappa shape index (κ3) is 4.44. The van der Waals surface area contributed by atoms with E-state index in [4.69, 9.17) is 0 Å². The summed E-state index contributed by atoms with van der Waals surface area (Å²) >= 11 is 3.28. The zero-order chi connectivity index (χ0) is 12.1. The maximum atomic E-state index is 11.7. The van der Waals surface area contributed by atoms with Gasteiger partial charge in [0.2, 0.25) is 0 Å². The number of aromatic nitrogens is 1. The molecule has 4 nitrogen and oxygen atoms in total. The minimum absolute atomic E-state index is 0.107. The van der Waals surface area contributed by atoms with Gasteiger partial charge in [0.05, 0.1) is 0 Å². The molecule has 17 heavy (non-hydrogen) atoms. The minimum Gasteiger partial charge on any atom is -0.351 e. The highest BCUT2D eigenvalue weighted by Gasteiger charge is 2.19. The molecular formula is C12H16BrN3O. The number of pyridine rings is 1. The smallest absolute Gasteiger partial charge is 0.269 e. The Labute approximate surface area is 109 Å². The summed E-state index contributed by atoms with van der Waals surface area (Å²) in [5, 5.41) is 6.26. The maximum Gasteiger partial charge on any atom is 0.269 e. The van der Waals surface area contributed by atoms with E-state index in [1.807, 2.05) is 6.07 Å². The second kappa shape index (κ2) is 6.12. The molecule has 92 valence electrons. The number of hydrogen-bond acceptors (Lipinski definition) is 3. The molecule has 1 aromatic heterocycles. The van der Waals surface area contributed by atoms with E-state index in [1.165, 1.54) is 12.8 Å². The molecule has 5 heteroatoms. The topological polar surface area (TPSA) is 54.0 Å². The van der Waals surface area contributed by atoms with Crippen molar-refractivity contribution in [2.24, 2.45) is 0 Å². The van der Waals surface area contributed by atoms with Gasteiger partial charge in [-0.3, -0.25) is 4.79 Å². The lowest BCUT2D eigenvalue weighted by Crippen LogP contribution is -2.28. The van der Waals surface area contributed by atoms with Crippen molar-refractivity contribution in [2.45, 2.75) is 25.3 Å². The normalized spacial score (nSPS) is 14.6. The van der Waals surface area contributed by atoms with Crippen molar-refractivity contribution in [3.8, 4) is 0 Å². The van der Waals surface area contributed by atoms with Gasteiger partial charge in [-0.15, -0.1) is 0 Å². The summed E-state index contributed by atoms with van der Waals surface area (Å²) < 4.78 is 0.877. The second-order valence-electron chi connectivity index (χ2n) is 4.20. The summed E-state index contributed by atoms with van der Waals surface area (Å²) in [4.78, 5) is 15.7. The van der Waals surface area contributed by atoms with Gasteiger partial charge in [0.25, 0.3) is 5.91 Å². The van der Waals surface area contributed by atoms with E-state index < -0.39 is 0 Å². The molecule has 1 heterocycles. The Morgan fingerprint density at radius 1 is 1.41 bits per heavy atom. The summed E-state index contributed by atoms with van der Waals surface area (Å²) in [5.41, 5.74) is 0.461. The monoisotopic (exact) mass is 297 g/mol. The molecule has 0 saturated heterocycles. The van der Waals surface area contributed by atoms with Crippen molar-refractivity contribution in [3.63, 3.8) is 0 Å². The van der Waals surface area contributed by atoms with Crippen LogP contribution in [0.3, 0.4) is 0 Å². The van der Waals surface area contributed by atoms with Gasteiger partial charge < -0.3 is 10.6 Å². The molecule has 1 amide bonds. The first-order chi connectivity index (χ1) is 8.25. The highest BCUT2D eigenvalue weighted by molar-refractivity contribution is 9.10. The SMILES string of the molecule is O=C(NCCCNC1CC1)c1ccc(Br)cn1. The standard InChI is InChI=1S/C12H16BrN3O/c13-9-2-5-11(16-8-9)12(17)15-7-1-6-14-10-3-4-10/h2,5,8,10,14H,1,3-4,6-7H2,(H,15,17). The number of nitrogens with one attached hydrogen (secondary N) is 2. The third-order valence-corrected chi connectivity index (χ3v) is 3.08. The van der Waals surface area contributed by atoms with Gasteiger partial charge in [-0.05, 0) is 53.9 Å². The van der Waals surface area contributed by atoms with Gasteiger partial charge in [-0.25, -0.2) is 4.98 Å². The van der Waals surface area contributed by atoms with E-state index in [2.05, 4.69) is 31.5 Å². The van der Waals surface area contributed by atoms with Crippen molar-refractivity contribution in [1.82, 2.24) is 15.6 Å². The van der Waals surface area contributed by atoms with Gasteiger partial charge in [0.1, 0.15) is 5.69 Å². The Kier molecular flexibility index (Phi) is 4.50. The van der Waals surface area contributed by atoms with E-state index in [9.17, 15) is 4.79 Å². The number of hydrogen-bond donors (Lipinski definition) is 2. The van der Waals surface area contributed by atoms with Crippen LogP contribution >= 0.6 is 15.9 Å². The molecule has 1 aromatic rings. The van der Waals surface area contributed by atoms with E-state index >= 15 is 0 Å². The van der Waals surface area contributed by atoms with Crippen molar-refractivity contribution >= 4 is 21.8 Å². The van der Waals surface area contributed by atoms with Gasteiger partial charge in [-0.2, -0.15) is 0 Å². The summed E-state index contributed by atoms with van der Waals surface area (Å²) in [7, 11) is 0. The molecule has 0 bridgehead atoms. The van der Waals surface area contributed by atoms with Gasteiger partial charge in [0.15, 0.2) is 0 Å². The summed E-state index contributed by atoms with van der Waals surface area (Å²) in [6.07, 6.45) is 5.19. The Hall–Kier alpha value is -0.940. The molecule has 0 spiro atoms. The van der Waals surface area contributed by atoms with Crippen LogP contribution in [-0.4, -0.2) is 30.0 Å². The molecule has 0 atom stereocenters. The van der Waals surface area contributed by atoms with Crippen LogP contribution in [0, 0.1) is 0 Å². The molecular weight excluding hydrogens is 282 g/mol.